The maximum atomic E-state index is 12.6. The van der Waals surface area contributed by atoms with Crippen LogP contribution in [0.15, 0.2) is 44.8 Å². The summed E-state index contributed by atoms with van der Waals surface area (Å²) in [7, 11) is 0. The summed E-state index contributed by atoms with van der Waals surface area (Å²) in [5.74, 6) is -0.492. The Morgan fingerprint density at radius 1 is 1.03 bits per heavy atom. The highest BCUT2D eigenvalue weighted by Crippen LogP contribution is 2.35. The standard InChI is InChI=1S/C21H15Cl2N7O3/c1-24-19-20(32)26-21(33)29(27-19)12-8-13(22)18(14(23)9-12)30-15-6-7-17(31)28(16(15)10-25-30)11-4-2-3-5-11/h6-11H,2-5H2,(H,26,32,33). The number of benzene rings is 1. The molecule has 0 amide bonds. The molecule has 3 heterocycles. The van der Waals surface area contributed by atoms with Gasteiger partial charge in [-0.1, -0.05) is 42.6 Å². The van der Waals surface area contributed by atoms with E-state index in [1.807, 2.05) is 4.98 Å². The van der Waals surface area contributed by atoms with Gasteiger partial charge in [0.25, 0.3) is 11.1 Å². The Bertz CT molecular complexity index is 1610. The average molecular weight is 484 g/mol. The first-order valence-electron chi connectivity index (χ1n) is 10.1. The SMILES string of the molecule is [C-]#[N+]c1nn(-c2cc(Cl)c(-n3ncc4c3ccc(=O)n4C3CCCC3)c(Cl)c2)c(=O)[nH]c1=O. The highest BCUT2D eigenvalue weighted by atomic mass is 35.5. The maximum absolute atomic E-state index is 12.6. The van der Waals surface area contributed by atoms with Gasteiger partial charge < -0.3 is 9.41 Å². The molecule has 3 aromatic heterocycles. The van der Waals surface area contributed by atoms with E-state index in [2.05, 4.69) is 15.0 Å². The summed E-state index contributed by atoms with van der Waals surface area (Å²) >= 11 is 13.1. The van der Waals surface area contributed by atoms with E-state index in [4.69, 9.17) is 29.8 Å². The fourth-order valence-electron chi connectivity index (χ4n) is 4.27. The van der Waals surface area contributed by atoms with E-state index in [1.54, 1.807) is 21.5 Å². The van der Waals surface area contributed by atoms with Gasteiger partial charge in [0.1, 0.15) is 5.69 Å². The number of pyridine rings is 1. The molecule has 12 heteroatoms. The molecule has 0 aliphatic heterocycles. The van der Waals surface area contributed by atoms with E-state index < -0.39 is 17.1 Å². The summed E-state index contributed by atoms with van der Waals surface area (Å²) in [6.07, 6.45) is 5.65. The van der Waals surface area contributed by atoms with Crippen LogP contribution in [0.1, 0.15) is 31.7 Å². The number of aromatic nitrogens is 6. The third-order valence-corrected chi connectivity index (χ3v) is 6.31. The second-order valence-corrected chi connectivity index (χ2v) is 8.49. The van der Waals surface area contributed by atoms with Gasteiger partial charge in [-0.3, -0.25) is 14.6 Å². The minimum absolute atomic E-state index is 0.0828. The van der Waals surface area contributed by atoms with E-state index in [-0.39, 0.29) is 27.3 Å². The Morgan fingerprint density at radius 3 is 2.39 bits per heavy atom. The first kappa shape index (κ1) is 21.2. The summed E-state index contributed by atoms with van der Waals surface area (Å²) in [4.78, 5) is 41.5. The summed E-state index contributed by atoms with van der Waals surface area (Å²) < 4.78 is 4.16. The van der Waals surface area contributed by atoms with Crippen LogP contribution in [0.4, 0.5) is 5.82 Å². The van der Waals surface area contributed by atoms with Gasteiger partial charge in [-0.15, -0.1) is 4.68 Å². The van der Waals surface area contributed by atoms with Crippen molar-refractivity contribution in [1.82, 2.24) is 29.1 Å². The van der Waals surface area contributed by atoms with E-state index in [0.29, 0.717) is 16.7 Å². The van der Waals surface area contributed by atoms with Gasteiger partial charge in [0.05, 0.1) is 33.0 Å². The molecule has 0 bridgehead atoms. The van der Waals surface area contributed by atoms with Gasteiger partial charge >= 0.3 is 11.5 Å². The quantitative estimate of drug-likeness (QED) is 0.448. The lowest BCUT2D eigenvalue weighted by atomic mass is 10.2. The van der Waals surface area contributed by atoms with Crippen LogP contribution >= 0.6 is 23.2 Å². The fraction of sp³-hybridized carbons (Fsp3) is 0.238. The number of hydrogen-bond acceptors (Lipinski definition) is 5. The van der Waals surface area contributed by atoms with Crippen LogP contribution in [-0.2, 0) is 0 Å². The largest absolute Gasteiger partial charge is 0.365 e. The maximum Gasteiger partial charge on any atom is 0.365 e. The zero-order chi connectivity index (χ0) is 23.3. The van der Waals surface area contributed by atoms with Crippen molar-refractivity contribution in [1.29, 1.82) is 0 Å². The molecule has 0 radical (unpaired) electrons. The van der Waals surface area contributed by atoms with Crippen molar-refractivity contribution in [2.24, 2.45) is 0 Å². The minimum Gasteiger partial charge on any atom is -0.354 e. The van der Waals surface area contributed by atoms with Crippen molar-refractivity contribution in [3.8, 4) is 11.4 Å². The smallest absolute Gasteiger partial charge is 0.354 e. The lowest BCUT2D eigenvalue weighted by Crippen LogP contribution is -2.30. The van der Waals surface area contributed by atoms with Crippen molar-refractivity contribution in [2.45, 2.75) is 31.7 Å². The highest BCUT2D eigenvalue weighted by molar-refractivity contribution is 6.38. The molecule has 4 aromatic rings. The molecular weight excluding hydrogens is 469 g/mol. The number of rotatable bonds is 3. The normalized spacial score (nSPS) is 14.1. The number of H-pyrrole nitrogens is 1. The van der Waals surface area contributed by atoms with Crippen LogP contribution in [0.5, 0.6) is 0 Å². The molecule has 5 rings (SSSR count). The summed E-state index contributed by atoms with van der Waals surface area (Å²) in [6.45, 7) is 7.04. The average Bonchev–Trinajstić information content (AvgIpc) is 3.44. The van der Waals surface area contributed by atoms with Crippen molar-refractivity contribution in [2.75, 3.05) is 0 Å². The van der Waals surface area contributed by atoms with E-state index in [0.717, 1.165) is 30.4 Å². The third-order valence-electron chi connectivity index (χ3n) is 5.73. The van der Waals surface area contributed by atoms with Crippen molar-refractivity contribution >= 4 is 40.1 Å². The monoisotopic (exact) mass is 483 g/mol. The summed E-state index contributed by atoms with van der Waals surface area (Å²) in [5.41, 5.74) is 0.0729. The molecule has 33 heavy (non-hydrogen) atoms. The van der Waals surface area contributed by atoms with E-state index >= 15 is 0 Å². The number of nitrogens with one attached hydrogen (secondary N) is 1. The molecule has 1 fully saturated rings. The number of aromatic amines is 1. The number of nitrogens with zero attached hydrogens (tertiary/aromatic N) is 6. The highest BCUT2D eigenvalue weighted by Gasteiger charge is 2.23. The third kappa shape index (κ3) is 3.46. The number of hydrogen-bond donors (Lipinski definition) is 1. The van der Waals surface area contributed by atoms with Crippen LogP contribution in [0.2, 0.25) is 10.0 Å². The topological polar surface area (TPSA) is 112 Å². The Labute approximate surface area is 195 Å². The Kier molecular flexibility index (Phi) is 5.15. The van der Waals surface area contributed by atoms with Crippen molar-refractivity contribution in [3.63, 3.8) is 0 Å². The van der Waals surface area contributed by atoms with E-state index in [9.17, 15) is 14.4 Å². The number of fused-ring (bicyclic) bond motifs is 1. The molecular formula is C21H15Cl2N7O3. The van der Waals surface area contributed by atoms with Crippen LogP contribution in [0.3, 0.4) is 0 Å². The van der Waals surface area contributed by atoms with Crippen LogP contribution < -0.4 is 16.8 Å². The molecule has 0 spiro atoms. The summed E-state index contributed by atoms with van der Waals surface area (Å²) in [6, 6.07) is 6.17. The zero-order valence-corrected chi connectivity index (χ0v) is 18.5. The van der Waals surface area contributed by atoms with Gasteiger partial charge in [0.2, 0.25) is 0 Å². The molecule has 166 valence electrons. The predicted molar refractivity (Wildman–Crippen MR) is 123 cm³/mol. The molecule has 0 unspecified atom stereocenters. The second kappa shape index (κ2) is 8.03. The lowest BCUT2D eigenvalue weighted by Gasteiger charge is -2.15. The summed E-state index contributed by atoms with van der Waals surface area (Å²) in [5, 5.41) is 8.53. The van der Waals surface area contributed by atoms with E-state index in [1.165, 1.54) is 18.2 Å². The van der Waals surface area contributed by atoms with Gasteiger partial charge in [0, 0.05) is 12.1 Å². The van der Waals surface area contributed by atoms with Gasteiger partial charge in [0.15, 0.2) is 0 Å². The first-order chi connectivity index (χ1) is 15.9. The molecule has 0 atom stereocenters. The fourth-order valence-corrected chi connectivity index (χ4v) is 4.91. The molecule has 0 saturated heterocycles. The van der Waals surface area contributed by atoms with Crippen molar-refractivity contribution < 1.29 is 0 Å². The molecule has 10 nitrogen and oxygen atoms in total. The second-order valence-electron chi connectivity index (χ2n) is 7.67. The molecule has 1 aromatic carbocycles. The predicted octanol–water partition coefficient (Wildman–Crippen LogP) is 3.39. The minimum atomic E-state index is -0.878. The van der Waals surface area contributed by atoms with Crippen LogP contribution in [-0.4, -0.2) is 29.1 Å². The lowest BCUT2D eigenvalue weighted by molar-refractivity contribution is 0.519. The van der Waals surface area contributed by atoms with Crippen LogP contribution in [0.25, 0.3) is 27.3 Å². The molecule has 1 N–H and O–H groups in total. The molecule has 1 aliphatic carbocycles. The Morgan fingerprint density at radius 2 is 1.73 bits per heavy atom. The molecule has 1 aliphatic rings. The Hall–Kier alpha value is -3.68. The van der Waals surface area contributed by atoms with Gasteiger partial charge in [-0.05, 0) is 36.1 Å². The Balaban J connectivity index is 1.67. The van der Waals surface area contributed by atoms with Crippen LogP contribution in [0, 0.1) is 6.57 Å². The molecule has 1 saturated carbocycles. The van der Waals surface area contributed by atoms with Gasteiger partial charge in [-0.2, -0.15) is 5.10 Å². The first-order valence-corrected chi connectivity index (χ1v) is 10.8. The number of halogens is 2. The zero-order valence-electron chi connectivity index (χ0n) is 17.0. The van der Waals surface area contributed by atoms with Crippen molar-refractivity contribution in [3.05, 3.63) is 83.1 Å². The van der Waals surface area contributed by atoms with Gasteiger partial charge in [-0.25, -0.2) is 9.48 Å².